The maximum atomic E-state index is 13.6. The number of ether oxygens (including phenoxy) is 4. The van der Waals surface area contributed by atoms with Crippen molar-refractivity contribution < 1.29 is 28.5 Å². The summed E-state index contributed by atoms with van der Waals surface area (Å²) in [4.78, 5) is 26.0. The Morgan fingerprint density at radius 2 is 0.950 bits per heavy atom. The van der Waals surface area contributed by atoms with Crippen LogP contribution in [0.3, 0.4) is 0 Å². The quantitative estimate of drug-likeness (QED) is 0.160. The number of benzene rings is 4. The highest BCUT2D eigenvalue weighted by Gasteiger charge is 2.37. The summed E-state index contributed by atoms with van der Waals surface area (Å²) in [6.45, 7) is 0.581. The van der Waals surface area contributed by atoms with Gasteiger partial charge in [0.25, 0.3) is 0 Å². The number of hydrogen-bond acceptors (Lipinski definition) is 6. The molecule has 206 valence electrons. The lowest BCUT2D eigenvalue weighted by atomic mass is 10.0. The van der Waals surface area contributed by atoms with Crippen LogP contribution in [0, 0.1) is 0 Å². The first kappa shape index (κ1) is 29.1. The molecular formula is C34H34O6. The van der Waals surface area contributed by atoms with Gasteiger partial charge in [-0.25, -0.2) is 0 Å². The highest BCUT2D eigenvalue weighted by molar-refractivity contribution is 5.85. The fraction of sp³-hybridized carbons (Fsp3) is 0.235. The molecule has 0 aliphatic carbocycles. The van der Waals surface area contributed by atoms with Crippen LogP contribution in [0.1, 0.15) is 22.3 Å². The Morgan fingerprint density at radius 3 is 1.40 bits per heavy atom. The van der Waals surface area contributed by atoms with E-state index in [0.717, 1.165) is 22.3 Å². The molecule has 0 saturated carbocycles. The van der Waals surface area contributed by atoms with Gasteiger partial charge in [0.05, 0.1) is 26.4 Å². The number of ketones is 1. The van der Waals surface area contributed by atoms with Crippen molar-refractivity contribution in [3.63, 3.8) is 0 Å². The second-order valence-corrected chi connectivity index (χ2v) is 9.32. The second kappa shape index (κ2) is 16.2. The summed E-state index contributed by atoms with van der Waals surface area (Å²) < 4.78 is 24.2. The van der Waals surface area contributed by atoms with E-state index < -0.39 is 18.3 Å². The third-order valence-corrected chi connectivity index (χ3v) is 6.27. The van der Waals surface area contributed by atoms with Gasteiger partial charge >= 0.3 is 0 Å². The van der Waals surface area contributed by atoms with Crippen LogP contribution < -0.4 is 0 Å². The predicted molar refractivity (Wildman–Crippen MR) is 152 cm³/mol. The van der Waals surface area contributed by atoms with E-state index in [1.807, 2.05) is 121 Å². The Kier molecular flexibility index (Phi) is 11.8. The third kappa shape index (κ3) is 9.36. The van der Waals surface area contributed by atoms with Gasteiger partial charge in [0.1, 0.15) is 24.9 Å². The lowest BCUT2D eigenvalue weighted by Gasteiger charge is -2.30. The molecular weight excluding hydrogens is 504 g/mol. The molecule has 0 saturated heterocycles. The van der Waals surface area contributed by atoms with Gasteiger partial charge in [0, 0.05) is 0 Å². The van der Waals surface area contributed by atoms with Gasteiger partial charge in [-0.05, 0) is 22.3 Å². The minimum Gasteiger partial charge on any atom is -0.369 e. The zero-order chi connectivity index (χ0) is 27.8. The Bertz CT molecular complexity index is 1270. The molecule has 0 N–H and O–H groups in total. The molecule has 4 aromatic rings. The predicted octanol–water partition coefficient (Wildman–Crippen LogP) is 5.73. The van der Waals surface area contributed by atoms with Gasteiger partial charge in [0.2, 0.25) is 0 Å². The van der Waals surface area contributed by atoms with Crippen LogP contribution in [0.15, 0.2) is 121 Å². The molecule has 0 bridgehead atoms. The number of rotatable bonds is 17. The third-order valence-electron chi connectivity index (χ3n) is 6.27. The topological polar surface area (TPSA) is 71.1 Å². The van der Waals surface area contributed by atoms with Crippen molar-refractivity contribution in [3.8, 4) is 0 Å². The van der Waals surface area contributed by atoms with Crippen molar-refractivity contribution in [2.45, 2.75) is 44.7 Å². The van der Waals surface area contributed by atoms with Gasteiger partial charge in [-0.1, -0.05) is 121 Å². The molecule has 40 heavy (non-hydrogen) atoms. The smallest absolute Gasteiger partial charge is 0.189 e. The van der Waals surface area contributed by atoms with Crippen molar-refractivity contribution in [1.82, 2.24) is 0 Å². The maximum Gasteiger partial charge on any atom is 0.189 e. The minimum atomic E-state index is -1.11. The first-order chi connectivity index (χ1) is 19.7. The number of hydrogen-bond donors (Lipinski definition) is 0. The van der Waals surface area contributed by atoms with Crippen molar-refractivity contribution in [3.05, 3.63) is 144 Å². The number of carbonyl (C=O) groups is 2. The van der Waals surface area contributed by atoms with E-state index >= 15 is 0 Å². The van der Waals surface area contributed by atoms with Crippen LogP contribution in [-0.2, 0) is 55.0 Å². The second-order valence-electron chi connectivity index (χ2n) is 9.32. The Labute approximate surface area is 235 Å². The van der Waals surface area contributed by atoms with E-state index in [1.165, 1.54) is 0 Å². The first-order valence-electron chi connectivity index (χ1n) is 13.3. The van der Waals surface area contributed by atoms with Gasteiger partial charge in [-0.2, -0.15) is 0 Å². The largest absolute Gasteiger partial charge is 0.369 e. The van der Waals surface area contributed by atoms with Gasteiger partial charge in [-0.15, -0.1) is 0 Å². The standard InChI is InChI=1S/C34H34O6/c35-21-32(38-23-28-15-7-2-8-16-28)34(40-25-30-19-11-4-12-20-30)33(39-24-29-17-9-3-10-18-29)31(36)26-37-22-27-13-5-1-6-14-27/h1-21,32-34H,22-26H2/t32-,33-,34+/m1/s1. The van der Waals surface area contributed by atoms with E-state index in [-0.39, 0.29) is 38.8 Å². The summed E-state index contributed by atoms with van der Waals surface area (Å²) in [6, 6.07) is 38.2. The molecule has 0 amide bonds. The molecule has 0 aliphatic rings. The molecule has 6 heteroatoms. The Hall–Kier alpha value is -3.94. The Morgan fingerprint density at radius 1 is 0.550 bits per heavy atom. The Balaban J connectivity index is 1.54. The molecule has 0 unspecified atom stereocenters. The molecule has 4 aromatic carbocycles. The zero-order valence-electron chi connectivity index (χ0n) is 22.3. The van der Waals surface area contributed by atoms with Crippen LogP contribution in [0.5, 0.6) is 0 Å². The van der Waals surface area contributed by atoms with Crippen LogP contribution in [-0.4, -0.2) is 37.0 Å². The first-order valence-corrected chi connectivity index (χ1v) is 13.3. The van der Waals surface area contributed by atoms with Crippen molar-refractivity contribution in [2.24, 2.45) is 0 Å². The average Bonchev–Trinajstić information content (AvgIpc) is 3.01. The number of aldehydes is 1. The lowest BCUT2D eigenvalue weighted by molar-refractivity contribution is -0.171. The summed E-state index contributed by atoms with van der Waals surface area (Å²) in [5.74, 6) is -0.333. The summed E-state index contributed by atoms with van der Waals surface area (Å²) >= 11 is 0. The molecule has 0 heterocycles. The molecule has 6 nitrogen and oxygen atoms in total. The molecule has 0 aromatic heterocycles. The molecule has 0 radical (unpaired) electrons. The van der Waals surface area contributed by atoms with Crippen LogP contribution in [0.25, 0.3) is 0 Å². The average molecular weight is 539 g/mol. The number of carbonyl (C=O) groups excluding carboxylic acids is 2. The fourth-order valence-electron chi connectivity index (χ4n) is 4.16. The van der Waals surface area contributed by atoms with E-state index in [2.05, 4.69) is 0 Å². The van der Waals surface area contributed by atoms with E-state index in [4.69, 9.17) is 18.9 Å². The fourth-order valence-corrected chi connectivity index (χ4v) is 4.16. The van der Waals surface area contributed by atoms with E-state index in [0.29, 0.717) is 6.29 Å². The molecule has 0 fully saturated rings. The van der Waals surface area contributed by atoms with Crippen LogP contribution in [0.2, 0.25) is 0 Å². The summed E-state index contributed by atoms with van der Waals surface area (Å²) in [5.41, 5.74) is 3.64. The lowest BCUT2D eigenvalue weighted by Crippen LogP contribution is -2.48. The number of Topliss-reactive ketones (excluding diaryl/α,β-unsaturated/α-hetero) is 1. The van der Waals surface area contributed by atoms with Gasteiger partial charge in [-0.3, -0.25) is 4.79 Å². The van der Waals surface area contributed by atoms with Crippen molar-refractivity contribution >= 4 is 12.1 Å². The monoisotopic (exact) mass is 538 g/mol. The van der Waals surface area contributed by atoms with Gasteiger partial charge < -0.3 is 23.7 Å². The van der Waals surface area contributed by atoms with Crippen molar-refractivity contribution in [1.29, 1.82) is 0 Å². The van der Waals surface area contributed by atoms with Crippen LogP contribution in [0.4, 0.5) is 0 Å². The normalized spacial score (nSPS) is 13.3. The zero-order valence-corrected chi connectivity index (χ0v) is 22.3. The highest BCUT2D eigenvalue weighted by Crippen LogP contribution is 2.19. The molecule has 4 rings (SSSR count). The SMILES string of the molecule is O=C[C@@H](OCc1ccccc1)[C@H](OCc1ccccc1)[C@H](OCc1ccccc1)C(=O)COCc1ccccc1. The van der Waals surface area contributed by atoms with E-state index in [9.17, 15) is 9.59 Å². The maximum absolute atomic E-state index is 13.6. The van der Waals surface area contributed by atoms with Crippen molar-refractivity contribution in [2.75, 3.05) is 6.61 Å². The van der Waals surface area contributed by atoms with Crippen LogP contribution >= 0.6 is 0 Å². The summed E-state index contributed by atoms with van der Waals surface area (Å²) in [6.07, 6.45) is -2.48. The molecule has 0 aliphatic heterocycles. The van der Waals surface area contributed by atoms with Gasteiger partial charge in [0.15, 0.2) is 12.1 Å². The minimum absolute atomic E-state index is 0.158. The highest BCUT2D eigenvalue weighted by atomic mass is 16.6. The van der Waals surface area contributed by atoms with E-state index in [1.54, 1.807) is 0 Å². The summed E-state index contributed by atoms with van der Waals surface area (Å²) in [5, 5.41) is 0. The summed E-state index contributed by atoms with van der Waals surface area (Å²) in [7, 11) is 0. The molecule has 0 spiro atoms. The molecule has 3 atom stereocenters.